The quantitative estimate of drug-likeness (QED) is 0.436. The van der Waals surface area contributed by atoms with Gasteiger partial charge < -0.3 is 10.2 Å². The van der Waals surface area contributed by atoms with E-state index in [-0.39, 0.29) is 17.2 Å². The third kappa shape index (κ3) is 4.63. The highest BCUT2D eigenvalue weighted by molar-refractivity contribution is 5.76. The molecule has 1 unspecified atom stereocenters. The van der Waals surface area contributed by atoms with Gasteiger partial charge in [0.05, 0.1) is 0 Å². The summed E-state index contributed by atoms with van der Waals surface area (Å²) in [5, 5.41) is 3.32. The molecule has 0 amide bonds. The normalized spacial score (nSPS) is 14.3. The fourth-order valence-corrected chi connectivity index (χ4v) is 3.89. The van der Waals surface area contributed by atoms with Gasteiger partial charge in [0.15, 0.2) is 6.04 Å². The van der Waals surface area contributed by atoms with Crippen molar-refractivity contribution in [2.75, 3.05) is 16.9 Å². The van der Waals surface area contributed by atoms with Gasteiger partial charge in [0.2, 0.25) is 5.95 Å². The number of benzene rings is 2. The van der Waals surface area contributed by atoms with Crippen molar-refractivity contribution in [3.63, 3.8) is 0 Å². The summed E-state index contributed by atoms with van der Waals surface area (Å²) in [7, 11) is 0. The monoisotopic (exact) mass is 476 g/mol. The van der Waals surface area contributed by atoms with Crippen LogP contribution in [0.5, 0.6) is 0 Å². The van der Waals surface area contributed by atoms with Gasteiger partial charge in [0, 0.05) is 41.4 Å². The van der Waals surface area contributed by atoms with E-state index in [0.29, 0.717) is 22.3 Å². The first kappa shape index (κ1) is 22.3. The fourth-order valence-electron chi connectivity index (χ4n) is 3.89. The van der Waals surface area contributed by atoms with E-state index in [1.165, 1.54) is 36.5 Å². The Bertz CT molecular complexity index is 1460. The molecule has 0 radical (unpaired) electrons. The highest BCUT2D eigenvalue weighted by Crippen LogP contribution is 2.36. The largest absolute Gasteiger partial charge is 0.413 e. The summed E-state index contributed by atoms with van der Waals surface area (Å²) in [6.45, 7) is 0.510. The van der Waals surface area contributed by atoms with Crippen LogP contribution in [0.25, 0.3) is 11.0 Å². The number of nitrogens with one attached hydrogen (secondary N) is 1. The molecule has 0 fully saturated rings. The third-order valence-corrected chi connectivity index (χ3v) is 5.50. The van der Waals surface area contributed by atoms with E-state index >= 15 is 0 Å². The molecule has 0 saturated heterocycles. The first-order valence-electron chi connectivity index (χ1n) is 10.7. The van der Waals surface area contributed by atoms with Crippen LogP contribution in [0.2, 0.25) is 0 Å². The molecular weight excluding hydrogens is 457 g/mol. The first-order chi connectivity index (χ1) is 16.9. The minimum atomic E-state index is -4.72. The van der Waals surface area contributed by atoms with Crippen LogP contribution in [0.4, 0.5) is 30.5 Å². The maximum absolute atomic E-state index is 14.2. The lowest BCUT2D eigenvalue weighted by atomic mass is 10.1. The Labute approximate surface area is 197 Å². The Morgan fingerprint density at radius 3 is 2.43 bits per heavy atom. The topological polar surface area (TPSA) is 75.4 Å². The number of hydrogen-bond donors (Lipinski definition) is 1. The Balaban J connectivity index is 1.52. The van der Waals surface area contributed by atoms with E-state index in [9.17, 15) is 18.0 Å². The van der Waals surface area contributed by atoms with Crippen LogP contribution in [-0.4, -0.2) is 33.6 Å². The van der Waals surface area contributed by atoms with E-state index in [2.05, 4.69) is 20.3 Å². The minimum absolute atomic E-state index is 0.0607. The molecule has 7 nitrogen and oxygen atoms in total. The van der Waals surface area contributed by atoms with Gasteiger partial charge in [-0.15, -0.1) is 0 Å². The molecule has 1 N–H and O–H groups in total. The van der Waals surface area contributed by atoms with Crippen LogP contribution in [0.3, 0.4) is 0 Å². The molecule has 10 heteroatoms. The van der Waals surface area contributed by atoms with Crippen molar-refractivity contribution in [2.45, 2.75) is 12.2 Å². The number of pyridine rings is 1. The summed E-state index contributed by atoms with van der Waals surface area (Å²) in [5.74, 6) is 0.0704. The van der Waals surface area contributed by atoms with Gasteiger partial charge in [-0.3, -0.25) is 14.4 Å². The SMILES string of the molecule is O=c1ccc2cnc(Nc3ccc(N4C=CC=NC4)cc3)nc2n1C(c1ccccc1)C(F)(F)F. The van der Waals surface area contributed by atoms with Gasteiger partial charge in [0.1, 0.15) is 12.3 Å². The fraction of sp³-hybridized carbons (Fsp3) is 0.120. The summed E-state index contributed by atoms with van der Waals surface area (Å²) < 4.78 is 43.3. The van der Waals surface area contributed by atoms with Gasteiger partial charge in [-0.2, -0.15) is 18.2 Å². The van der Waals surface area contributed by atoms with Crippen molar-refractivity contribution in [1.29, 1.82) is 0 Å². The van der Waals surface area contributed by atoms with E-state index in [1.807, 2.05) is 29.3 Å². The number of halogens is 3. The summed E-state index contributed by atoms with van der Waals surface area (Å²) in [6, 6.07) is 15.0. The van der Waals surface area contributed by atoms with Gasteiger partial charge >= 0.3 is 6.18 Å². The molecule has 2 aromatic heterocycles. The summed E-state index contributed by atoms with van der Waals surface area (Å²) >= 11 is 0. The lowest BCUT2D eigenvalue weighted by molar-refractivity contribution is -0.156. The Morgan fingerprint density at radius 1 is 0.971 bits per heavy atom. The molecule has 1 atom stereocenters. The number of nitrogens with zero attached hydrogens (tertiary/aromatic N) is 5. The van der Waals surface area contributed by atoms with Crippen molar-refractivity contribution in [3.05, 3.63) is 101 Å². The van der Waals surface area contributed by atoms with Crippen LogP contribution in [0, 0.1) is 0 Å². The van der Waals surface area contributed by atoms with Crippen molar-refractivity contribution in [3.8, 4) is 0 Å². The Morgan fingerprint density at radius 2 is 1.74 bits per heavy atom. The molecule has 5 rings (SSSR count). The number of fused-ring (bicyclic) bond motifs is 1. The molecule has 3 heterocycles. The number of rotatable bonds is 5. The maximum Gasteiger partial charge on any atom is 0.413 e. The van der Waals surface area contributed by atoms with Crippen LogP contribution in [-0.2, 0) is 0 Å². The summed E-state index contributed by atoms with van der Waals surface area (Å²) in [6.07, 6.45) is 2.14. The molecule has 35 heavy (non-hydrogen) atoms. The van der Waals surface area contributed by atoms with E-state index in [1.54, 1.807) is 24.4 Å². The van der Waals surface area contributed by atoms with Gasteiger partial charge in [-0.05, 0) is 42.0 Å². The van der Waals surface area contributed by atoms with Crippen LogP contribution >= 0.6 is 0 Å². The number of aliphatic imine (C=N–C) groups is 1. The molecular formula is C25H19F3N6O. The smallest absolute Gasteiger partial charge is 0.328 e. The predicted octanol–water partition coefficient (Wildman–Crippen LogP) is 5.05. The second-order valence-corrected chi connectivity index (χ2v) is 7.83. The van der Waals surface area contributed by atoms with Crippen LogP contribution in [0.1, 0.15) is 11.6 Å². The zero-order valence-electron chi connectivity index (χ0n) is 18.2. The zero-order valence-corrected chi connectivity index (χ0v) is 18.2. The number of hydrogen-bond acceptors (Lipinski definition) is 6. The lowest BCUT2D eigenvalue weighted by Gasteiger charge is -2.24. The maximum atomic E-state index is 14.2. The summed E-state index contributed by atoms with van der Waals surface area (Å²) in [5.41, 5.74) is 0.573. The highest BCUT2D eigenvalue weighted by Gasteiger charge is 2.43. The minimum Gasteiger partial charge on any atom is -0.328 e. The van der Waals surface area contributed by atoms with Crippen molar-refractivity contribution in [1.82, 2.24) is 14.5 Å². The molecule has 4 aromatic rings. The molecule has 0 bridgehead atoms. The number of allylic oxidation sites excluding steroid dienone is 1. The molecule has 176 valence electrons. The second-order valence-electron chi connectivity index (χ2n) is 7.83. The molecule has 0 aliphatic carbocycles. The number of anilines is 3. The highest BCUT2D eigenvalue weighted by atomic mass is 19.4. The number of aromatic nitrogens is 3. The van der Waals surface area contributed by atoms with Crippen molar-refractivity contribution >= 4 is 34.6 Å². The Hall–Kier alpha value is -4.47. The van der Waals surface area contributed by atoms with Gasteiger partial charge in [0.25, 0.3) is 5.56 Å². The van der Waals surface area contributed by atoms with Crippen LogP contribution in [0.15, 0.2) is 95.0 Å². The predicted molar refractivity (Wildman–Crippen MR) is 129 cm³/mol. The number of alkyl halides is 3. The molecule has 1 aliphatic rings. The van der Waals surface area contributed by atoms with E-state index in [4.69, 9.17) is 0 Å². The van der Waals surface area contributed by atoms with E-state index < -0.39 is 17.8 Å². The van der Waals surface area contributed by atoms with Gasteiger partial charge in [-0.1, -0.05) is 30.3 Å². The van der Waals surface area contributed by atoms with Crippen molar-refractivity contribution < 1.29 is 13.2 Å². The van der Waals surface area contributed by atoms with Crippen molar-refractivity contribution in [2.24, 2.45) is 4.99 Å². The standard InChI is InChI=1S/C25H19F3N6O/c26-25(27,28)22(17-5-2-1-3-6-17)34-21(35)12-7-18-15-30-24(32-23(18)34)31-19-8-10-20(11-9-19)33-14-4-13-29-16-33/h1-15,22H,16H2,(H,30,31,32). The molecule has 1 aliphatic heterocycles. The average Bonchev–Trinajstić information content (AvgIpc) is 2.86. The zero-order chi connectivity index (χ0) is 24.4. The third-order valence-electron chi connectivity index (χ3n) is 5.50. The molecule has 0 saturated carbocycles. The Kier molecular flexibility index (Phi) is 5.77. The lowest BCUT2D eigenvalue weighted by Crippen LogP contribution is -2.35. The average molecular weight is 476 g/mol. The van der Waals surface area contributed by atoms with E-state index in [0.717, 1.165) is 11.8 Å². The second kappa shape index (κ2) is 9.05. The summed E-state index contributed by atoms with van der Waals surface area (Å²) in [4.78, 5) is 27.4. The molecule has 0 spiro atoms. The first-order valence-corrected chi connectivity index (χ1v) is 10.7. The van der Waals surface area contributed by atoms with Crippen LogP contribution < -0.4 is 15.8 Å². The molecule has 2 aromatic carbocycles. The van der Waals surface area contributed by atoms with Gasteiger partial charge in [-0.25, -0.2) is 4.98 Å².